The minimum Gasteiger partial charge on any atom is -0.493 e. The lowest BCUT2D eigenvalue weighted by Gasteiger charge is -2.26. The number of thiazole rings is 1. The van der Waals surface area contributed by atoms with Crippen molar-refractivity contribution < 1.29 is 4.74 Å². The van der Waals surface area contributed by atoms with Crippen LogP contribution in [0.5, 0.6) is 5.75 Å². The van der Waals surface area contributed by atoms with E-state index < -0.39 is 0 Å². The third-order valence-electron chi connectivity index (χ3n) is 3.67. The van der Waals surface area contributed by atoms with E-state index in [-0.39, 0.29) is 6.04 Å². The van der Waals surface area contributed by atoms with Gasteiger partial charge in [-0.25, -0.2) is 9.98 Å². The first-order valence-corrected chi connectivity index (χ1v) is 8.16. The number of nitrogens with two attached hydrogens (primary N) is 1. The molecule has 0 amide bonds. The Labute approximate surface area is 134 Å². The van der Waals surface area contributed by atoms with E-state index in [0.717, 1.165) is 33.3 Å². The van der Waals surface area contributed by atoms with E-state index in [9.17, 15) is 0 Å². The van der Waals surface area contributed by atoms with Crippen LogP contribution in [-0.2, 0) is 6.54 Å². The van der Waals surface area contributed by atoms with Crippen molar-refractivity contribution in [2.75, 3.05) is 6.61 Å². The first-order valence-electron chi connectivity index (χ1n) is 7.34. The zero-order valence-electron chi connectivity index (χ0n) is 12.8. The fraction of sp³-hybridized carbons (Fsp3) is 0.375. The lowest BCUT2D eigenvalue weighted by molar-refractivity contribution is 0.262. The molecule has 3 rings (SSSR count). The average Bonchev–Trinajstić information content (AvgIpc) is 2.83. The quantitative estimate of drug-likeness (QED) is 0.674. The third-order valence-corrected chi connectivity index (χ3v) is 4.73. The number of fused-ring (bicyclic) bond motifs is 1. The van der Waals surface area contributed by atoms with Gasteiger partial charge in [-0.1, -0.05) is 18.2 Å². The van der Waals surface area contributed by atoms with Crippen LogP contribution >= 0.6 is 11.3 Å². The second-order valence-corrected chi connectivity index (χ2v) is 6.60. The largest absolute Gasteiger partial charge is 0.493 e. The van der Waals surface area contributed by atoms with E-state index in [1.165, 1.54) is 0 Å². The van der Waals surface area contributed by atoms with Gasteiger partial charge in [0.15, 0.2) is 5.96 Å². The lowest BCUT2D eigenvalue weighted by Crippen LogP contribution is -2.37. The number of benzene rings is 1. The average molecular weight is 316 g/mol. The summed E-state index contributed by atoms with van der Waals surface area (Å²) in [6.45, 7) is 5.27. The number of nitrogens with one attached hydrogen (secondary N) is 1. The molecule has 1 aromatic carbocycles. The maximum Gasteiger partial charge on any atom is 0.189 e. The van der Waals surface area contributed by atoms with Crippen LogP contribution in [-0.4, -0.2) is 17.6 Å². The van der Waals surface area contributed by atoms with Crippen molar-refractivity contribution in [1.82, 2.24) is 10.3 Å². The van der Waals surface area contributed by atoms with Crippen molar-refractivity contribution >= 4 is 17.3 Å². The monoisotopic (exact) mass is 316 g/mol. The Hall–Kier alpha value is -2.08. The number of guanidine groups is 1. The minimum absolute atomic E-state index is 0.151. The van der Waals surface area contributed by atoms with Gasteiger partial charge in [0.1, 0.15) is 5.75 Å². The zero-order valence-corrected chi connectivity index (χ0v) is 13.6. The molecule has 2 aromatic rings. The molecule has 1 aromatic heterocycles. The van der Waals surface area contributed by atoms with Gasteiger partial charge in [0.2, 0.25) is 0 Å². The molecule has 0 bridgehead atoms. The zero-order chi connectivity index (χ0) is 15.5. The molecule has 0 aliphatic carbocycles. The summed E-state index contributed by atoms with van der Waals surface area (Å²) in [5.74, 6) is 1.39. The number of hydrogen-bond acceptors (Lipinski definition) is 4. The first kappa shape index (κ1) is 14.8. The van der Waals surface area contributed by atoms with Gasteiger partial charge in [0.25, 0.3) is 0 Å². The minimum atomic E-state index is 0.151. The van der Waals surface area contributed by atoms with Crippen LogP contribution in [0.2, 0.25) is 0 Å². The Morgan fingerprint density at radius 3 is 3.05 bits per heavy atom. The molecule has 0 saturated heterocycles. The second-order valence-electron chi connectivity index (χ2n) is 5.31. The molecule has 0 radical (unpaired) electrons. The highest BCUT2D eigenvalue weighted by atomic mass is 32.1. The highest BCUT2D eigenvalue weighted by Crippen LogP contribution is 2.31. The van der Waals surface area contributed by atoms with Crippen LogP contribution in [0, 0.1) is 13.8 Å². The summed E-state index contributed by atoms with van der Waals surface area (Å²) in [4.78, 5) is 10.0. The van der Waals surface area contributed by atoms with Crippen LogP contribution in [0.15, 0.2) is 29.3 Å². The van der Waals surface area contributed by atoms with E-state index >= 15 is 0 Å². The van der Waals surface area contributed by atoms with E-state index in [1.807, 2.05) is 32.0 Å². The Morgan fingerprint density at radius 1 is 1.45 bits per heavy atom. The van der Waals surface area contributed by atoms with Crippen LogP contribution in [0.1, 0.15) is 33.6 Å². The van der Waals surface area contributed by atoms with Crippen molar-refractivity contribution in [2.45, 2.75) is 32.9 Å². The molecule has 6 heteroatoms. The fourth-order valence-electron chi connectivity index (χ4n) is 2.59. The lowest BCUT2D eigenvalue weighted by atomic mass is 10.0. The number of hydrogen-bond donors (Lipinski definition) is 2. The van der Waals surface area contributed by atoms with E-state index in [1.54, 1.807) is 11.3 Å². The van der Waals surface area contributed by atoms with Crippen LogP contribution < -0.4 is 15.8 Å². The number of aromatic nitrogens is 1. The summed E-state index contributed by atoms with van der Waals surface area (Å²) in [6.07, 6.45) is 0.881. The van der Waals surface area contributed by atoms with Crippen molar-refractivity contribution in [3.05, 3.63) is 45.4 Å². The molecular formula is C16H20N4OS. The molecule has 2 heterocycles. The van der Waals surface area contributed by atoms with Gasteiger partial charge in [-0.05, 0) is 19.9 Å². The van der Waals surface area contributed by atoms with E-state index in [4.69, 9.17) is 10.5 Å². The summed E-state index contributed by atoms with van der Waals surface area (Å²) in [5, 5.41) is 4.37. The number of para-hydroxylation sites is 1. The smallest absolute Gasteiger partial charge is 0.189 e. The van der Waals surface area contributed by atoms with E-state index in [0.29, 0.717) is 19.1 Å². The molecule has 1 atom stereocenters. The number of ether oxygens (including phenoxy) is 1. The molecule has 1 aliphatic heterocycles. The van der Waals surface area contributed by atoms with Crippen LogP contribution in [0.4, 0.5) is 0 Å². The number of nitrogens with zero attached hydrogens (tertiary/aromatic N) is 2. The molecule has 1 unspecified atom stereocenters. The van der Waals surface area contributed by atoms with Gasteiger partial charge in [0.05, 0.1) is 29.9 Å². The first-order chi connectivity index (χ1) is 10.6. The predicted molar refractivity (Wildman–Crippen MR) is 89.3 cm³/mol. The fourth-order valence-corrected chi connectivity index (χ4v) is 3.45. The molecule has 22 heavy (non-hydrogen) atoms. The molecular weight excluding hydrogens is 296 g/mol. The summed E-state index contributed by atoms with van der Waals surface area (Å²) >= 11 is 1.67. The molecule has 3 N–H and O–H groups in total. The Kier molecular flexibility index (Phi) is 4.29. The molecule has 0 saturated carbocycles. The molecule has 0 spiro atoms. The predicted octanol–water partition coefficient (Wildman–Crippen LogP) is 2.69. The molecule has 116 valence electrons. The topological polar surface area (TPSA) is 72.5 Å². The Bertz CT molecular complexity index is 695. The van der Waals surface area contributed by atoms with Gasteiger partial charge in [-0.3, -0.25) is 0 Å². The Balaban J connectivity index is 1.68. The second kappa shape index (κ2) is 6.36. The van der Waals surface area contributed by atoms with Crippen molar-refractivity contribution in [1.29, 1.82) is 0 Å². The standard InChI is InChI=1S/C16H20N4OS/c1-10-15(22-11(2)19-10)9-18-16(17)20-13-7-8-21-14-6-4-3-5-12(13)14/h3-6,13H,7-9H2,1-2H3,(H3,17,18,20). The van der Waals surface area contributed by atoms with Crippen LogP contribution in [0.3, 0.4) is 0 Å². The van der Waals surface area contributed by atoms with Gasteiger partial charge in [-0.2, -0.15) is 0 Å². The normalized spacial score (nSPS) is 17.7. The van der Waals surface area contributed by atoms with Crippen molar-refractivity contribution in [2.24, 2.45) is 10.7 Å². The summed E-state index contributed by atoms with van der Waals surface area (Å²) in [7, 11) is 0. The number of aliphatic imine (C=N–C) groups is 1. The number of aryl methyl sites for hydroxylation is 2. The van der Waals surface area contributed by atoms with Gasteiger partial charge >= 0.3 is 0 Å². The maximum absolute atomic E-state index is 6.05. The van der Waals surface area contributed by atoms with Gasteiger partial charge in [0, 0.05) is 16.9 Å². The molecule has 1 aliphatic rings. The highest BCUT2D eigenvalue weighted by molar-refractivity contribution is 7.11. The van der Waals surface area contributed by atoms with Crippen molar-refractivity contribution in [3.63, 3.8) is 0 Å². The van der Waals surface area contributed by atoms with E-state index in [2.05, 4.69) is 21.4 Å². The molecule has 5 nitrogen and oxygen atoms in total. The third kappa shape index (κ3) is 3.22. The maximum atomic E-state index is 6.05. The highest BCUT2D eigenvalue weighted by Gasteiger charge is 2.21. The van der Waals surface area contributed by atoms with Gasteiger partial charge in [-0.15, -0.1) is 11.3 Å². The SMILES string of the molecule is Cc1nc(C)c(CN=C(N)NC2CCOc3ccccc32)s1. The molecule has 0 fully saturated rings. The number of rotatable bonds is 3. The van der Waals surface area contributed by atoms with Crippen molar-refractivity contribution in [3.8, 4) is 5.75 Å². The summed E-state index contributed by atoms with van der Waals surface area (Å²) in [6, 6.07) is 8.20. The van der Waals surface area contributed by atoms with Crippen LogP contribution in [0.25, 0.3) is 0 Å². The summed E-state index contributed by atoms with van der Waals surface area (Å²) < 4.78 is 5.66. The Morgan fingerprint density at radius 2 is 2.27 bits per heavy atom. The van der Waals surface area contributed by atoms with Gasteiger partial charge < -0.3 is 15.8 Å². The summed E-state index contributed by atoms with van der Waals surface area (Å²) in [5.41, 5.74) is 8.22.